The van der Waals surface area contributed by atoms with Crippen LogP contribution in [0.1, 0.15) is 53.0 Å². The molecule has 5 heteroatoms. The molecule has 0 spiro atoms. The summed E-state index contributed by atoms with van der Waals surface area (Å²) in [5.74, 6) is 1.05. The van der Waals surface area contributed by atoms with Crippen LogP contribution in [0.3, 0.4) is 0 Å². The van der Waals surface area contributed by atoms with Gasteiger partial charge in [-0.15, -0.1) is 10.2 Å². The topological polar surface area (TPSA) is 68.0 Å². The average Bonchev–Trinajstić information content (AvgIpc) is 2.88. The summed E-state index contributed by atoms with van der Waals surface area (Å²) in [6.45, 7) is 8.20. The lowest BCUT2D eigenvalue weighted by atomic mass is 10.1. The van der Waals surface area contributed by atoms with E-state index >= 15 is 0 Å². The van der Waals surface area contributed by atoms with Crippen molar-refractivity contribution in [1.82, 2.24) is 15.5 Å². The van der Waals surface area contributed by atoms with Crippen molar-refractivity contribution in [2.45, 2.75) is 40.2 Å². The fourth-order valence-corrected chi connectivity index (χ4v) is 1.71. The molecular weight excluding hydrogens is 254 g/mol. The third kappa shape index (κ3) is 3.23. The molecule has 20 heavy (non-hydrogen) atoms. The molecule has 0 atom stereocenters. The minimum atomic E-state index is -0.141. The van der Waals surface area contributed by atoms with Gasteiger partial charge in [-0.25, -0.2) is 0 Å². The number of benzene rings is 1. The third-order valence-electron chi connectivity index (χ3n) is 3.15. The molecular formula is C15H19N3O2. The summed E-state index contributed by atoms with van der Waals surface area (Å²) < 4.78 is 5.44. The molecule has 0 saturated carbocycles. The minimum absolute atomic E-state index is 0.141. The SMILES string of the molecule is Cc1ccc(C(=O)NCc2nnc(C(C)C)o2)cc1C. The van der Waals surface area contributed by atoms with E-state index in [1.165, 1.54) is 5.56 Å². The van der Waals surface area contributed by atoms with Crippen molar-refractivity contribution in [2.75, 3.05) is 0 Å². The van der Waals surface area contributed by atoms with Crippen molar-refractivity contribution in [1.29, 1.82) is 0 Å². The molecule has 0 aliphatic rings. The number of rotatable bonds is 4. The number of hydrogen-bond acceptors (Lipinski definition) is 4. The Labute approximate surface area is 118 Å². The Balaban J connectivity index is 1.99. The smallest absolute Gasteiger partial charge is 0.251 e. The summed E-state index contributed by atoms with van der Waals surface area (Å²) >= 11 is 0. The van der Waals surface area contributed by atoms with Crippen LogP contribution >= 0.6 is 0 Å². The molecule has 1 heterocycles. The number of amides is 1. The van der Waals surface area contributed by atoms with E-state index in [1.807, 2.05) is 45.9 Å². The van der Waals surface area contributed by atoms with Gasteiger partial charge < -0.3 is 9.73 Å². The van der Waals surface area contributed by atoms with Crippen LogP contribution in [0.4, 0.5) is 0 Å². The van der Waals surface area contributed by atoms with Crippen molar-refractivity contribution < 1.29 is 9.21 Å². The predicted octanol–water partition coefficient (Wildman–Crippen LogP) is 2.74. The third-order valence-corrected chi connectivity index (χ3v) is 3.15. The maximum atomic E-state index is 12.0. The van der Waals surface area contributed by atoms with Gasteiger partial charge in [-0.2, -0.15) is 0 Å². The first-order chi connectivity index (χ1) is 9.47. The second kappa shape index (κ2) is 5.86. The summed E-state index contributed by atoms with van der Waals surface area (Å²) in [5, 5.41) is 10.6. The van der Waals surface area contributed by atoms with Crippen molar-refractivity contribution in [3.05, 3.63) is 46.7 Å². The van der Waals surface area contributed by atoms with E-state index in [1.54, 1.807) is 0 Å². The Morgan fingerprint density at radius 2 is 2.00 bits per heavy atom. The summed E-state index contributed by atoms with van der Waals surface area (Å²) in [6.07, 6.45) is 0. The number of nitrogens with zero attached hydrogens (tertiary/aromatic N) is 2. The molecule has 2 aromatic rings. The fourth-order valence-electron chi connectivity index (χ4n) is 1.71. The zero-order valence-corrected chi connectivity index (χ0v) is 12.2. The lowest BCUT2D eigenvalue weighted by Gasteiger charge is -2.05. The molecule has 0 bridgehead atoms. The van der Waals surface area contributed by atoms with Crippen LogP contribution < -0.4 is 5.32 Å². The molecule has 2 rings (SSSR count). The van der Waals surface area contributed by atoms with Crippen LogP contribution in [0.5, 0.6) is 0 Å². The van der Waals surface area contributed by atoms with Gasteiger partial charge in [0.1, 0.15) is 0 Å². The molecule has 0 radical (unpaired) electrons. The van der Waals surface area contributed by atoms with Crippen molar-refractivity contribution >= 4 is 5.91 Å². The first-order valence-electron chi connectivity index (χ1n) is 6.65. The van der Waals surface area contributed by atoms with Gasteiger partial charge in [0.15, 0.2) is 0 Å². The van der Waals surface area contributed by atoms with Gasteiger partial charge in [-0.1, -0.05) is 19.9 Å². The van der Waals surface area contributed by atoms with E-state index in [2.05, 4.69) is 15.5 Å². The summed E-state index contributed by atoms with van der Waals surface area (Å²) in [5.41, 5.74) is 2.90. The number of carbonyl (C=O) groups is 1. The number of hydrogen-bond donors (Lipinski definition) is 1. The monoisotopic (exact) mass is 273 g/mol. The molecule has 1 amide bonds. The standard InChI is InChI=1S/C15H19N3O2/c1-9(2)15-18-17-13(20-15)8-16-14(19)12-6-5-10(3)11(4)7-12/h5-7,9H,8H2,1-4H3,(H,16,19). The average molecular weight is 273 g/mol. The summed E-state index contributed by atoms with van der Waals surface area (Å²) in [6, 6.07) is 5.62. The van der Waals surface area contributed by atoms with Crippen LogP contribution in [0, 0.1) is 13.8 Å². The Bertz CT molecular complexity index is 617. The zero-order valence-electron chi connectivity index (χ0n) is 12.2. The molecule has 0 aliphatic carbocycles. The van der Waals surface area contributed by atoms with Gasteiger partial charge in [-0.3, -0.25) is 4.79 Å². The van der Waals surface area contributed by atoms with Gasteiger partial charge in [-0.05, 0) is 37.1 Å². The number of aromatic nitrogens is 2. The molecule has 0 fully saturated rings. The largest absolute Gasteiger partial charge is 0.423 e. The molecule has 0 aliphatic heterocycles. The van der Waals surface area contributed by atoms with Crippen LogP contribution in [0.2, 0.25) is 0 Å². The van der Waals surface area contributed by atoms with Crippen LogP contribution in [-0.4, -0.2) is 16.1 Å². The Kier molecular flexibility index (Phi) is 4.17. The van der Waals surface area contributed by atoms with Gasteiger partial charge in [0.25, 0.3) is 5.91 Å². The lowest BCUT2D eigenvalue weighted by Crippen LogP contribution is -2.23. The van der Waals surface area contributed by atoms with E-state index in [0.717, 1.165) is 5.56 Å². The van der Waals surface area contributed by atoms with E-state index in [-0.39, 0.29) is 18.4 Å². The Morgan fingerprint density at radius 1 is 1.25 bits per heavy atom. The van der Waals surface area contributed by atoms with Crippen molar-refractivity contribution in [3.8, 4) is 0 Å². The number of carbonyl (C=O) groups excluding carboxylic acids is 1. The van der Waals surface area contributed by atoms with Crippen LogP contribution in [0.25, 0.3) is 0 Å². The number of aryl methyl sites for hydroxylation is 2. The molecule has 1 aromatic heterocycles. The second-order valence-electron chi connectivity index (χ2n) is 5.17. The van der Waals surface area contributed by atoms with Crippen LogP contribution in [0.15, 0.2) is 22.6 Å². The highest BCUT2D eigenvalue weighted by molar-refractivity contribution is 5.94. The molecule has 1 aromatic carbocycles. The van der Waals surface area contributed by atoms with Gasteiger partial charge in [0.05, 0.1) is 6.54 Å². The molecule has 106 valence electrons. The zero-order chi connectivity index (χ0) is 14.7. The van der Waals surface area contributed by atoms with E-state index < -0.39 is 0 Å². The number of nitrogens with one attached hydrogen (secondary N) is 1. The quantitative estimate of drug-likeness (QED) is 0.930. The van der Waals surface area contributed by atoms with E-state index in [9.17, 15) is 4.79 Å². The summed E-state index contributed by atoms with van der Waals surface area (Å²) in [7, 11) is 0. The van der Waals surface area contributed by atoms with Crippen molar-refractivity contribution in [3.63, 3.8) is 0 Å². The Hall–Kier alpha value is -2.17. The summed E-state index contributed by atoms with van der Waals surface area (Å²) in [4.78, 5) is 12.0. The molecule has 1 N–H and O–H groups in total. The van der Waals surface area contributed by atoms with Gasteiger partial charge in [0, 0.05) is 11.5 Å². The highest BCUT2D eigenvalue weighted by atomic mass is 16.4. The molecule has 5 nitrogen and oxygen atoms in total. The first kappa shape index (κ1) is 14.2. The molecule has 0 unspecified atom stereocenters. The van der Waals surface area contributed by atoms with E-state index in [0.29, 0.717) is 17.3 Å². The minimum Gasteiger partial charge on any atom is -0.423 e. The molecule has 0 saturated heterocycles. The fraction of sp³-hybridized carbons (Fsp3) is 0.400. The van der Waals surface area contributed by atoms with Gasteiger partial charge in [0.2, 0.25) is 11.8 Å². The highest BCUT2D eigenvalue weighted by Crippen LogP contribution is 2.12. The van der Waals surface area contributed by atoms with Gasteiger partial charge >= 0.3 is 0 Å². The van der Waals surface area contributed by atoms with Crippen LogP contribution in [-0.2, 0) is 6.54 Å². The normalized spacial score (nSPS) is 10.8. The van der Waals surface area contributed by atoms with Crippen molar-refractivity contribution in [2.24, 2.45) is 0 Å². The first-order valence-corrected chi connectivity index (χ1v) is 6.65. The predicted molar refractivity (Wildman–Crippen MR) is 75.5 cm³/mol. The maximum Gasteiger partial charge on any atom is 0.251 e. The Morgan fingerprint density at radius 3 is 2.60 bits per heavy atom. The second-order valence-corrected chi connectivity index (χ2v) is 5.17. The maximum absolute atomic E-state index is 12.0. The lowest BCUT2D eigenvalue weighted by molar-refractivity contribution is 0.0947. The highest BCUT2D eigenvalue weighted by Gasteiger charge is 2.11. The van der Waals surface area contributed by atoms with E-state index in [4.69, 9.17) is 4.42 Å².